The van der Waals surface area contributed by atoms with E-state index in [0.717, 1.165) is 4.57 Å². The number of benzene rings is 1. The standard InChI is InChI=1S/C12H15N3O3/c1-13-7-15-11(16)10-8(14(2)12(15)17)5-4-6-9(10)18-3/h4-6,13H,7H2,1-3H3. The zero-order chi connectivity index (χ0) is 13.3. The normalized spacial score (nSPS) is 10.8. The van der Waals surface area contributed by atoms with E-state index >= 15 is 0 Å². The maximum atomic E-state index is 12.3. The van der Waals surface area contributed by atoms with Crippen LogP contribution in [0.3, 0.4) is 0 Å². The maximum absolute atomic E-state index is 12.3. The number of rotatable bonds is 3. The van der Waals surface area contributed by atoms with Crippen LogP contribution in [-0.2, 0) is 13.7 Å². The highest BCUT2D eigenvalue weighted by Gasteiger charge is 2.13. The van der Waals surface area contributed by atoms with Crippen LogP contribution >= 0.6 is 0 Å². The Morgan fingerprint density at radius 2 is 2.06 bits per heavy atom. The molecule has 0 fully saturated rings. The molecule has 1 aromatic carbocycles. The molecule has 0 aliphatic heterocycles. The lowest BCUT2D eigenvalue weighted by molar-refractivity contribution is 0.418. The van der Waals surface area contributed by atoms with Gasteiger partial charge in [-0.05, 0) is 19.2 Å². The summed E-state index contributed by atoms with van der Waals surface area (Å²) in [5.41, 5.74) is -0.133. The molecule has 0 saturated carbocycles. The zero-order valence-electron chi connectivity index (χ0n) is 10.6. The van der Waals surface area contributed by atoms with E-state index in [-0.39, 0.29) is 17.9 Å². The summed E-state index contributed by atoms with van der Waals surface area (Å²) in [5.74, 6) is 0.470. The van der Waals surface area contributed by atoms with Gasteiger partial charge in [0.1, 0.15) is 11.1 Å². The summed E-state index contributed by atoms with van der Waals surface area (Å²) in [6.45, 7) is 0.166. The van der Waals surface area contributed by atoms with Gasteiger partial charge in [-0.3, -0.25) is 9.36 Å². The van der Waals surface area contributed by atoms with E-state index in [2.05, 4.69) is 5.32 Å². The third-order valence-electron chi connectivity index (χ3n) is 2.88. The van der Waals surface area contributed by atoms with Crippen molar-refractivity contribution in [1.29, 1.82) is 0 Å². The number of methoxy groups -OCH3 is 1. The number of nitrogens with zero attached hydrogens (tertiary/aromatic N) is 2. The van der Waals surface area contributed by atoms with E-state index in [1.54, 1.807) is 32.3 Å². The van der Waals surface area contributed by atoms with Crippen molar-refractivity contribution in [2.24, 2.45) is 7.05 Å². The first kappa shape index (κ1) is 12.4. The van der Waals surface area contributed by atoms with Gasteiger partial charge in [-0.25, -0.2) is 9.36 Å². The van der Waals surface area contributed by atoms with E-state index in [1.807, 2.05) is 0 Å². The lowest BCUT2D eigenvalue weighted by Crippen LogP contribution is -2.41. The van der Waals surface area contributed by atoms with Crippen molar-refractivity contribution < 1.29 is 4.74 Å². The molecule has 2 aromatic rings. The molecular formula is C12H15N3O3. The highest BCUT2D eigenvalue weighted by Crippen LogP contribution is 2.20. The zero-order valence-corrected chi connectivity index (χ0v) is 10.6. The molecule has 0 aliphatic rings. The van der Waals surface area contributed by atoms with Crippen LogP contribution in [0.2, 0.25) is 0 Å². The van der Waals surface area contributed by atoms with Gasteiger partial charge in [0.15, 0.2) is 0 Å². The molecule has 6 nitrogen and oxygen atoms in total. The fraction of sp³-hybridized carbons (Fsp3) is 0.333. The van der Waals surface area contributed by atoms with Gasteiger partial charge < -0.3 is 10.1 Å². The predicted molar refractivity (Wildman–Crippen MR) is 69.1 cm³/mol. The van der Waals surface area contributed by atoms with Gasteiger partial charge >= 0.3 is 5.69 Å². The van der Waals surface area contributed by atoms with E-state index in [9.17, 15) is 9.59 Å². The number of hydrogen-bond donors (Lipinski definition) is 1. The van der Waals surface area contributed by atoms with Gasteiger partial charge in [-0.1, -0.05) is 6.07 Å². The third-order valence-corrected chi connectivity index (χ3v) is 2.88. The van der Waals surface area contributed by atoms with Crippen molar-refractivity contribution in [2.45, 2.75) is 6.67 Å². The fourth-order valence-electron chi connectivity index (χ4n) is 1.99. The van der Waals surface area contributed by atoms with Crippen molar-refractivity contribution in [2.75, 3.05) is 14.2 Å². The Morgan fingerprint density at radius 1 is 1.33 bits per heavy atom. The number of ether oxygens (including phenoxy) is 1. The van der Waals surface area contributed by atoms with E-state index in [1.165, 1.54) is 11.7 Å². The van der Waals surface area contributed by atoms with E-state index in [4.69, 9.17) is 4.74 Å². The molecular weight excluding hydrogens is 234 g/mol. The van der Waals surface area contributed by atoms with Gasteiger partial charge in [-0.2, -0.15) is 0 Å². The molecule has 0 saturated heterocycles. The van der Waals surface area contributed by atoms with Crippen LogP contribution in [0.25, 0.3) is 10.9 Å². The second kappa shape index (κ2) is 4.66. The molecule has 0 atom stereocenters. The number of aryl methyl sites for hydroxylation is 1. The summed E-state index contributed by atoms with van der Waals surface area (Å²) in [4.78, 5) is 24.3. The van der Waals surface area contributed by atoms with Crippen molar-refractivity contribution in [3.8, 4) is 5.75 Å². The first-order valence-electron chi connectivity index (χ1n) is 5.53. The Kier molecular flexibility index (Phi) is 3.20. The van der Waals surface area contributed by atoms with E-state index < -0.39 is 0 Å². The fourth-order valence-corrected chi connectivity index (χ4v) is 1.99. The highest BCUT2D eigenvalue weighted by molar-refractivity contribution is 5.84. The molecule has 0 aliphatic carbocycles. The average Bonchev–Trinajstić information content (AvgIpc) is 2.40. The van der Waals surface area contributed by atoms with Gasteiger partial charge in [-0.15, -0.1) is 0 Å². The minimum Gasteiger partial charge on any atom is -0.496 e. The molecule has 0 bridgehead atoms. The molecule has 2 rings (SSSR count). The molecule has 18 heavy (non-hydrogen) atoms. The monoisotopic (exact) mass is 249 g/mol. The number of nitrogens with one attached hydrogen (secondary N) is 1. The quantitative estimate of drug-likeness (QED) is 0.824. The van der Waals surface area contributed by atoms with E-state index in [0.29, 0.717) is 16.7 Å². The van der Waals surface area contributed by atoms with Gasteiger partial charge in [0.05, 0.1) is 19.3 Å². The van der Waals surface area contributed by atoms with Crippen molar-refractivity contribution >= 4 is 10.9 Å². The molecule has 0 radical (unpaired) electrons. The van der Waals surface area contributed by atoms with Gasteiger partial charge in [0.25, 0.3) is 5.56 Å². The molecule has 1 N–H and O–H groups in total. The van der Waals surface area contributed by atoms with Crippen molar-refractivity contribution in [3.63, 3.8) is 0 Å². The van der Waals surface area contributed by atoms with Crippen LogP contribution < -0.4 is 21.3 Å². The first-order valence-corrected chi connectivity index (χ1v) is 5.53. The number of hydrogen-bond acceptors (Lipinski definition) is 4. The topological polar surface area (TPSA) is 65.3 Å². The Morgan fingerprint density at radius 3 is 2.67 bits per heavy atom. The smallest absolute Gasteiger partial charge is 0.332 e. The first-order chi connectivity index (χ1) is 8.61. The molecule has 0 spiro atoms. The second-order valence-corrected chi connectivity index (χ2v) is 3.94. The molecule has 96 valence electrons. The van der Waals surface area contributed by atoms with Crippen molar-refractivity contribution in [3.05, 3.63) is 39.0 Å². The SMILES string of the molecule is CNCn1c(=O)c2c(OC)cccc2n(C)c1=O. The Labute approximate surface area is 103 Å². The molecule has 1 aromatic heterocycles. The Balaban J connectivity index is 2.99. The minimum absolute atomic E-state index is 0.166. The summed E-state index contributed by atoms with van der Waals surface area (Å²) in [7, 11) is 4.82. The molecule has 6 heteroatoms. The summed E-state index contributed by atoms with van der Waals surface area (Å²) >= 11 is 0. The lowest BCUT2D eigenvalue weighted by Gasteiger charge is -2.12. The average molecular weight is 249 g/mol. The summed E-state index contributed by atoms with van der Waals surface area (Å²) < 4.78 is 7.77. The number of fused-ring (bicyclic) bond motifs is 1. The highest BCUT2D eigenvalue weighted by atomic mass is 16.5. The summed E-state index contributed by atoms with van der Waals surface area (Å²) in [6.07, 6.45) is 0. The molecule has 1 heterocycles. The van der Waals surface area contributed by atoms with Gasteiger partial charge in [0, 0.05) is 7.05 Å². The van der Waals surface area contributed by atoms with Crippen LogP contribution in [0.5, 0.6) is 5.75 Å². The predicted octanol–water partition coefficient (Wildman–Crippen LogP) is -0.114. The Hall–Kier alpha value is -2.08. The summed E-state index contributed by atoms with van der Waals surface area (Å²) in [6, 6.07) is 5.19. The van der Waals surface area contributed by atoms with Crippen LogP contribution in [0.4, 0.5) is 0 Å². The summed E-state index contributed by atoms with van der Waals surface area (Å²) in [5, 5.41) is 3.22. The van der Waals surface area contributed by atoms with Crippen LogP contribution in [0, 0.1) is 0 Å². The van der Waals surface area contributed by atoms with Crippen LogP contribution in [-0.4, -0.2) is 23.3 Å². The van der Waals surface area contributed by atoms with Gasteiger partial charge in [0.2, 0.25) is 0 Å². The second-order valence-electron chi connectivity index (χ2n) is 3.94. The van der Waals surface area contributed by atoms with Crippen LogP contribution in [0.1, 0.15) is 0 Å². The van der Waals surface area contributed by atoms with Crippen LogP contribution in [0.15, 0.2) is 27.8 Å². The third kappa shape index (κ3) is 1.70. The minimum atomic E-state index is -0.352. The lowest BCUT2D eigenvalue weighted by atomic mass is 10.2. The van der Waals surface area contributed by atoms with Crippen molar-refractivity contribution in [1.82, 2.24) is 14.5 Å². The molecule has 0 amide bonds. The molecule has 0 unspecified atom stereocenters. The largest absolute Gasteiger partial charge is 0.496 e. The Bertz CT molecular complexity index is 700. The number of aromatic nitrogens is 2. The maximum Gasteiger partial charge on any atom is 0.332 e.